The van der Waals surface area contributed by atoms with Crippen molar-refractivity contribution in [2.24, 2.45) is 0 Å². The van der Waals surface area contributed by atoms with Crippen LogP contribution in [0.1, 0.15) is 85.2 Å². The minimum atomic E-state index is -3.43. The first-order chi connectivity index (χ1) is 32.8. The third-order valence-electron chi connectivity index (χ3n) is 11.1. The third kappa shape index (κ3) is 12.2. The number of pyridine rings is 2. The van der Waals surface area contributed by atoms with E-state index >= 15 is 0 Å². The summed E-state index contributed by atoms with van der Waals surface area (Å²) in [4.78, 5) is 32.6. The van der Waals surface area contributed by atoms with Gasteiger partial charge in [-0.3, -0.25) is 9.97 Å². The highest BCUT2D eigenvalue weighted by atomic mass is 35.5. The van der Waals surface area contributed by atoms with Crippen LogP contribution >= 0.6 is 23.2 Å². The molecule has 69 heavy (non-hydrogen) atoms. The van der Waals surface area contributed by atoms with Crippen LogP contribution < -0.4 is 4.74 Å². The third-order valence-corrected chi connectivity index (χ3v) is 15.2. The molecule has 0 fully saturated rings. The number of halogens is 2. The number of hydrogen-bond donors (Lipinski definition) is 2. The SMILES string of the molecule is CC(C)c1cnc2c(Cl)cccc2c1-c1cccc(O)c1.CCS(=O)(=O)c1cccc(C(=O)O)c1.CCS(=O)(=O)c1cccc(C(=O)Oc2cccc(-c3c(C(C)C)cnc4c(Cl)cccc34)c2)c1. The molecule has 0 saturated heterocycles. The number of phenolic OH excluding ortho intramolecular Hbond substituents is 1. The van der Waals surface area contributed by atoms with Gasteiger partial charge in [0.1, 0.15) is 11.5 Å². The maximum absolute atomic E-state index is 12.8. The first kappa shape index (κ1) is 51.7. The van der Waals surface area contributed by atoms with Crippen molar-refractivity contribution < 1.29 is 41.4 Å². The van der Waals surface area contributed by atoms with Crippen LogP contribution in [0.25, 0.3) is 44.1 Å². The molecule has 2 heterocycles. The number of aromatic hydroxyl groups is 1. The zero-order chi connectivity index (χ0) is 50.2. The summed E-state index contributed by atoms with van der Waals surface area (Å²) in [6.07, 6.45) is 3.73. The van der Waals surface area contributed by atoms with Gasteiger partial charge in [-0.1, -0.05) is 125 Å². The van der Waals surface area contributed by atoms with Crippen molar-refractivity contribution in [2.75, 3.05) is 11.5 Å². The Morgan fingerprint density at radius 3 is 1.48 bits per heavy atom. The number of ether oxygens (including phenoxy) is 1. The molecule has 6 aromatic carbocycles. The maximum atomic E-state index is 12.8. The predicted octanol–water partition coefficient (Wildman–Crippen LogP) is 13.3. The molecule has 0 bridgehead atoms. The number of carbonyl (C=O) groups is 2. The second kappa shape index (κ2) is 22.2. The smallest absolute Gasteiger partial charge is 0.343 e. The molecule has 0 aliphatic rings. The zero-order valence-electron chi connectivity index (χ0n) is 38.6. The molecule has 0 spiro atoms. The lowest BCUT2D eigenvalue weighted by atomic mass is 9.91. The Hall–Kier alpha value is -6.64. The van der Waals surface area contributed by atoms with Crippen molar-refractivity contribution in [1.29, 1.82) is 0 Å². The standard InChI is InChI=1S/C27H24ClNO4S.C18H16ClNO.C9H10O4S/c1-4-34(31,32)21-11-6-9-19(15-21)27(30)33-20-10-5-8-18(14-20)25-22-12-7-13-24(28)26(22)29-16-23(25)17(2)3;1-11(2)15-10-20-18-14(7-4-8-16(18)19)17(15)12-5-3-6-13(21)9-12;1-2-14(12,13)8-5-3-4-7(6-8)9(10)11/h5-17H,4H2,1-3H3;3-11,21H,1-2H3;3-6H,2H2,1H3,(H,10,11). The number of carbonyl (C=O) groups excluding carboxylic acids is 1. The molecule has 356 valence electrons. The van der Waals surface area contributed by atoms with E-state index in [1.54, 1.807) is 37.3 Å². The molecule has 0 saturated carbocycles. The van der Waals surface area contributed by atoms with Gasteiger partial charge in [0.05, 0.1) is 53.5 Å². The fourth-order valence-electron chi connectivity index (χ4n) is 7.44. The second-order valence-corrected chi connectivity index (χ2v) is 21.8. The predicted molar refractivity (Wildman–Crippen MR) is 274 cm³/mol. The fourth-order valence-corrected chi connectivity index (χ4v) is 9.74. The lowest BCUT2D eigenvalue weighted by molar-refractivity contribution is 0.0694. The van der Waals surface area contributed by atoms with Crippen LogP contribution in [-0.2, 0) is 19.7 Å². The monoisotopic (exact) mass is 1000 g/mol. The van der Waals surface area contributed by atoms with Crippen molar-refractivity contribution in [3.05, 3.63) is 178 Å². The average molecular weight is 1010 g/mol. The van der Waals surface area contributed by atoms with Gasteiger partial charge in [0.15, 0.2) is 19.7 Å². The van der Waals surface area contributed by atoms with Gasteiger partial charge in [-0.25, -0.2) is 26.4 Å². The summed E-state index contributed by atoms with van der Waals surface area (Å²) < 4.78 is 52.8. The number of nitrogens with zero attached hydrogens (tertiary/aromatic N) is 2. The van der Waals surface area contributed by atoms with Crippen molar-refractivity contribution in [3.63, 3.8) is 0 Å². The number of fused-ring (bicyclic) bond motifs is 2. The molecule has 15 heteroatoms. The van der Waals surface area contributed by atoms with E-state index in [0.717, 1.165) is 49.7 Å². The van der Waals surface area contributed by atoms with Gasteiger partial charge in [0.2, 0.25) is 0 Å². The summed E-state index contributed by atoms with van der Waals surface area (Å²) in [5.41, 5.74) is 7.78. The van der Waals surface area contributed by atoms with Crippen LogP contribution in [0.5, 0.6) is 11.5 Å². The number of rotatable bonds is 11. The van der Waals surface area contributed by atoms with E-state index in [9.17, 15) is 31.5 Å². The summed E-state index contributed by atoms with van der Waals surface area (Å²) in [6.45, 7) is 11.5. The maximum Gasteiger partial charge on any atom is 0.343 e. The Balaban J connectivity index is 0.000000189. The Labute approximate surface area is 412 Å². The number of hydrogen-bond acceptors (Lipinski definition) is 10. The molecular formula is C54H50Cl2N2O9S2. The lowest BCUT2D eigenvalue weighted by Crippen LogP contribution is -2.11. The van der Waals surface area contributed by atoms with Crippen LogP contribution in [0.15, 0.2) is 156 Å². The van der Waals surface area contributed by atoms with Gasteiger partial charge < -0.3 is 14.9 Å². The van der Waals surface area contributed by atoms with E-state index in [1.807, 2.05) is 67.0 Å². The summed E-state index contributed by atoms with van der Waals surface area (Å²) in [6, 6.07) is 37.3. The van der Waals surface area contributed by atoms with Gasteiger partial charge in [-0.05, 0) is 118 Å². The van der Waals surface area contributed by atoms with E-state index < -0.39 is 31.6 Å². The number of para-hydroxylation sites is 2. The Morgan fingerprint density at radius 2 is 1.01 bits per heavy atom. The molecule has 0 unspecified atom stereocenters. The Morgan fingerprint density at radius 1 is 0.580 bits per heavy atom. The Bertz CT molecular complexity index is 3430. The van der Waals surface area contributed by atoms with Gasteiger partial charge in [-0.2, -0.15) is 0 Å². The number of benzene rings is 6. The van der Waals surface area contributed by atoms with Gasteiger partial charge in [0, 0.05) is 23.2 Å². The zero-order valence-corrected chi connectivity index (χ0v) is 41.8. The molecule has 0 amide bonds. The van der Waals surface area contributed by atoms with E-state index in [4.69, 9.17) is 33.0 Å². The summed E-state index contributed by atoms with van der Waals surface area (Å²) in [5, 5.41) is 21.6. The minimum Gasteiger partial charge on any atom is -0.508 e. The van der Waals surface area contributed by atoms with Crippen LogP contribution in [0.3, 0.4) is 0 Å². The highest BCUT2D eigenvalue weighted by Gasteiger charge is 2.20. The molecule has 2 N–H and O–H groups in total. The van der Waals surface area contributed by atoms with Gasteiger partial charge >= 0.3 is 11.9 Å². The summed E-state index contributed by atoms with van der Waals surface area (Å²) in [5.74, 6) is -0.679. The molecule has 0 atom stereocenters. The van der Waals surface area contributed by atoms with E-state index in [2.05, 4.69) is 37.7 Å². The van der Waals surface area contributed by atoms with E-state index in [0.29, 0.717) is 27.2 Å². The van der Waals surface area contributed by atoms with Crippen molar-refractivity contribution in [2.45, 2.75) is 63.2 Å². The summed E-state index contributed by atoms with van der Waals surface area (Å²) in [7, 11) is -6.75. The molecule has 0 aliphatic carbocycles. The molecule has 11 nitrogen and oxygen atoms in total. The quantitative estimate of drug-likeness (QED) is 0.0930. The number of sulfone groups is 2. The summed E-state index contributed by atoms with van der Waals surface area (Å²) >= 11 is 12.7. The topological polar surface area (TPSA) is 178 Å². The van der Waals surface area contributed by atoms with Crippen LogP contribution in [0.2, 0.25) is 10.0 Å². The normalized spacial score (nSPS) is 11.4. The first-order valence-corrected chi connectivity index (χ1v) is 26.0. The second-order valence-electron chi connectivity index (χ2n) is 16.4. The van der Waals surface area contributed by atoms with Crippen molar-refractivity contribution in [3.8, 4) is 33.8 Å². The molecule has 0 radical (unpaired) electrons. The minimum absolute atomic E-state index is 0.0143. The largest absolute Gasteiger partial charge is 0.508 e. The number of esters is 1. The number of aromatic nitrogens is 2. The first-order valence-electron chi connectivity index (χ1n) is 21.9. The number of carboxylic acid groups (broad SMARTS) is 1. The van der Waals surface area contributed by atoms with E-state index in [-0.39, 0.29) is 44.1 Å². The highest BCUT2D eigenvalue weighted by Crippen LogP contribution is 2.39. The highest BCUT2D eigenvalue weighted by molar-refractivity contribution is 7.91. The molecule has 8 rings (SSSR count). The van der Waals surface area contributed by atoms with Gasteiger partial charge in [0.25, 0.3) is 0 Å². The van der Waals surface area contributed by atoms with Crippen molar-refractivity contribution in [1.82, 2.24) is 9.97 Å². The lowest BCUT2D eigenvalue weighted by Gasteiger charge is -2.17. The van der Waals surface area contributed by atoms with Gasteiger partial charge in [-0.15, -0.1) is 0 Å². The molecule has 0 aliphatic heterocycles. The fraction of sp³-hybridized carbons (Fsp3) is 0.185. The van der Waals surface area contributed by atoms with Crippen LogP contribution in [0, 0.1) is 0 Å². The Kier molecular flexibility index (Phi) is 16.6. The number of phenols is 1. The van der Waals surface area contributed by atoms with Crippen LogP contribution in [0.4, 0.5) is 0 Å². The number of aromatic carboxylic acids is 1. The average Bonchev–Trinajstić information content (AvgIpc) is 3.34. The molecular weight excluding hydrogens is 956 g/mol. The number of carboxylic acids is 1. The van der Waals surface area contributed by atoms with E-state index in [1.165, 1.54) is 55.5 Å². The van der Waals surface area contributed by atoms with Crippen LogP contribution in [-0.4, -0.2) is 60.5 Å². The van der Waals surface area contributed by atoms with Crippen molar-refractivity contribution >= 4 is 76.6 Å². The molecule has 2 aromatic heterocycles. The molecule has 8 aromatic rings.